The van der Waals surface area contributed by atoms with Gasteiger partial charge < -0.3 is 10.1 Å². The zero-order chi connectivity index (χ0) is 11.8. The topological polar surface area (TPSA) is 21.3 Å². The third kappa shape index (κ3) is 5.29. The van der Waals surface area contributed by atoms with Gasteiger partial charge in [0.15, 0.2) is 0 Å². The Morgan fingerprint density at radius 2 is 1.75 bits per heavy atom. The number of aryl methyl sites for hydroxylation is 1. The van der Waals surface area contributed by atoms with Gasteiger partial charge in [0.1, 0.15) is 0 Å². The van der Waals surface area contributed by atoms with Gasteiger partial charge in [-0.15, -0.1) is 0 Å². The van der Waals surface area contributed by atoms with Crippen LogP contribution in [0.5, 0.6) is 0 Å². The quantitative estimate of drug-likeness (QED) is 0.715. The maximum absolute atomic E-state index is 5.58. The third-order valence-corrected chi connectivity index (χ3v) is 2.50. The Labute approximate surface area is 99.0 Å². The molecule has 0 spiro atoms. The molecule has 1 N–H and O–H groups in total. The van der Waals surface area contributed by atoms with Crippen LogP contribution < -0.4 is 5.32 Å². The minimum atomic E-state index is 0.535. The summed E-state index contributed by atoms with van der Waals surface area (Å²) in [6, 6.07) is 9.17. The SMILES string of the molecule is CCc1ccc(COCCNC(C)C)cc1. The normalized spacial score (nSPS) is 11.0. The van der Waals surface area contributed by atoms with Gasteiger partial charge in [0.25, 0.3) is 0 Å². The molecule has 1 rings (SSSR count). The second-order valence-corrected chi connectivity index (χ2v) is 4.33. The second kappa shape index (κ2) is 7.42. The lowest BCUT2D eigenvalue weighted by Gasteiger charge is -2.08. The molecule has 0 saturated heterocycles. The van der Waals surface area contributed by atoms with Crippen molar-refractivity contribution in [3.05, 3.63) is 35.4 Å². The standard InChI is InChI=1S/C14H23NO/c1-4-13-5-7-14(8-6-13)11-16-10-9-15-12(2)3/h5-8,12,15H,4,9-11H2,1-3H3. The van der Waals surface area contributed by atoms with Crippen LogP contribution in [0.3, 0.4) is 0 Å². The zero-order valence-corrected chi connectivity index (χ0v) is 10.6. The lowest BCUT2D eigenvalue weighted by atomic mass is 10.1. The van der Waals surface area contributed by atoms with Crippen LogP contribution in [-0.4, -0.2) is 19.2 Å². The molecule has 0 aromatic heterocycles. The van der Waals surface area contributed by atoms with Gasteiger partial charge >= 0.3 is 0 Å². The van der Waals surface area contributed by atoms with E-state index < -0.39 is 0 Å². The average Bonchev–Trinajstić information content (AvgIpc) is 2.29. The Kier molecular flexibility index (Phi) is 6.12. The van der Waals surface area contributed by atoms with E-state index in [1.807, 2.05) is 0 Å². The highest BCUT2D eigenvalue weighted by molar-refractivity contribution is 5.21. The van der Waals surface area contributed by atoms with Crippen molar-refractivity contribution in [2.45, 2.75) is 39.8 Å². The molecule has 0 fully saturated rings. The molecule has 0 radical (unpaired) electrons. The summed E-state index contributed by atoms with van der Waals surface area (Å²) in [5.74, 6) is 0. The Balaban J connectivity index is 2.16. The average molecular weight is 221 g/mol. The van der Waals surface area contributed by atoms with Gasteiger partial charge in [-0.2, -0.15) is 0 Å². The smallest absolute Gasteiger partial charge is 0.0717 e. The van der Waals surface area contributed by atoms with Gasteiger partial charge in [-0.3, -0.25) is 0 Å². The van der Waals surface area contributed by atoms with Crippen LogP contribution in [0.1, 0.15) is 31.9 Å². The van der Waals surface area contributed by atoms with Crippen LogP contribution in [0.2, 0.25) is 0 Å². The fraction of sp³-hybridized carbons (Fsp3) is 0.571. The summed E-state index contributed by atoms with van der Waals surface area (Å²) in [6.07, 6.45) is 1.10. The lowest BCUT2D eigenvalue weighted by molar-refractivity contribution is 0.121. The molecule has 2 heteroatoms. The number of nitrogens with one attached hydrogen (secondary N) is 1. The molecule has 0 saturated carbocycles. The van der Waals surface area contributed by atoms with E-state index in [-0.39, 0.29) is 0 Å². The number of benzene rings is 1. The van der Waals surface area contributed by atoms with Gasteiger partial charge in [-0.25, -0.2) is 0 Å². The summed E-state index contributed by atoms with van der Waals surface area (Å²) in [7, 11) is 0. The summed E-state index contributed by atoms with van der Waals surface area (Å²) < 4.78 is 5.58. The molecule has 0 aliphatic heterocycles. The number of hydrogen-bond donors (Lipinski definition) is 1. The van der Waals surface area contributed by atoms with E-state index in [0.29, 0.717) is 12.6 Å². The molecule has 0 amide bonds. The largest absolute Gasteiger partial charge is 0.375 e. The minimum Gasteiger partial charge on any atom is -0.375 e. The van der Waals surface area contributed by atoms with Gasteiger partial charge in [-0.05, 0) is 17.5 Å². The van der Waals surface area contributed by atoms with E-state index in [9.17, 15) is 0 Å². The molecule has 0 unspecified atom stereocenters. The summed E-state index contributed by atoms with van der Waals surface area (Å²) >= 11 is 0. The van der Waals surface area contributed by atoms with Gasteiger partial charge in [0.05, 0.1) is 13.2 Å². The second-order valence-electron chi connectivity index (χ2n) is 4.33. The van der Waals surface area contributed by atoms with E-state index >= 15 is 0 Å². The van der Waals surface area contributed by atoms with Crippen molar-refractivity contribution in [2.24, 2.45) is 0 Å². The molecule has 0 aliphatic rings. The fourth-order valence-corrected chi connectivity index (χ4v) is 1.48. The number of ether oxygens (including phenoxy) is 1. The summed E-state index contributed by atoms with van der Waals surface area (Å²) in [5, 5.41) is 3.32. The van der Waals surface area contributed by atoms with Crippen LogP contribution in [-0.2, 0) is 17.8 Å². The highest BCUT2D eigenvalue weighted by atomic mass is 16.5. The van der Waals surface area contributed by atoms with E-state index in [1.54, 1.807) is 0 Å². The molecule has 1 aromatic rings. The van der Waals surface area contributed by atoms with Crippen LogP contribution in [0.25, 0.3) is 0 Å². The molecule has 1 aromatic carbocycles. The Morgan fingerprint density at radius 1 is 1.12 bits per heavy atom. The fourth-order valence-electron chi connectivity index (χ4n) is 1.48. The molecular weight excluding hydrogens is 198 g/mol. The molecule has 2 nitrogen and oxygen atoms in total. The highest BCUT2D eigenvalue weighted by Crippen LogP contribution is 2.05. The van der Waals surface area contributed by atoms with Crippen molar-refractivity contribution < 1.29 is 4.74 Å². The van der Waals surface area contributed by atoms with E-state index in [0.717, 1.165) is 19.6 Å². The van der Waals surface area contributed by atoms with E-state index in [4.69, 9.17) is 4.74 Å². The van der Waals surface area contributed by atoms with Crippen LogP contribution >= 0.6 is 0 Å². The van der Waals surface area contributed by atoms with Crippen LogP contribution in [0.4, 0.5) is 0 Å². The van der Waals surface area contributed by atoms with E-state index in [2.05, 4.69) is 50.4 Å². The molecule has 0 atom stereocenters. The first-order valence-corrected chi connectivity index (χ1v) is 6.11. The monoisotopic (exact) mass is 221 g/mol. The van der Waals surface area contributed by atoms with Crippen molar-refractivity contribution >= 4 is 0 Å². The van der Waals surface area contributed by atoms with Crippen molar-refractivity contribution in [3.8, 4) is 0 Å². The Hall–Kier alpha value is -0.860. The van der Waals surface area contributed by atoms with Crippen molar-refractivity contribution in [2.75, 3.05) is 13.2 Å². The molecule has 90 valence electrons. The number of hydrogen-bond acceptors (Lipinski definition) is 2. The first-order valence-electron chi connectivity index (χ1n) is 6.11. The number of rotatable bonds is 7. The molecular formula is C14H23NO. The Morgan fingerprint density at radius 3 is 2.31 bits per heavy atom. The van der Waals surface area contributed by atoms with Crippen LogP contribution in [0.15, 0.2) is 24.3 Å². The van der Waals surface area contributed by atoms with Gasteiger partial charge in [-0.1, -0.05) is 45.0 Å². The molecule has 0 bridgehead atoms. The minimum absolute atomic E-state index is 0.535. The summed E-state index contributed by atoms with van der Waals surface area (Å²) in [4.78, 5) is 0. The van der Waals surface area contributed by atoms with E-state index in [1.165, 1.54) is 11.1 Å². The maximum Gasteiger partial charge on any atom is 0.0717 e. The summed E-state index contributed by atoms with van der Waals surface area (Å²) in [5.41, 5.74) is 2.63. The van der Waals surface area contributed by atoms with Crippen LogP contribution in [0, 0.1) is 0 Å². The predicted molar refractivity (Wildman–Crippen MR) is 68.6 cm³/mol. The maximum atomic E-state index is 5.58. The summed E-state index contributed by atoms with van der Waals surface area (Å²) in [6.45, 7) is 8.86. The first kappa shape index (κ1) is 13.2. The van der Waals surface area contributed by atoms with Gasteiger partial charge in [0.2, 0.25) is 0 Å². The lowest BCUT2D eigenvalue weighted by Crippen LogP contribution is -2.26. The Bertz CT molecular complexity index is 279. The molecule has 16 heavy (non-hydrogen) atoms. The van der Waals surface area contributed by atoms with Crippen molar-refractivity contribution in [1.82, 2.24) is 5.32 Å². The predicted octanol–water partition coefficient (Wildman–Crippen LogP) is 2.76. The zero-order valence-electron chi connectivity index (χ0n) is 10.6. The molecule has 0 aliphatic carbocycles. The van der Waals surface area contributed by atoms with Gasteiger partial charge in [0, 0.05) is 12.6 Å². The highest BCUT2D eigenvalue weighted by Gasteiger charge is 1.95. The van der Waals surface area contributed by atoms with Crippen molar-refractivity contribution in [1.29, 1.82) is 0 Å². The van der Waals surface area contributed by atoms with Crippen molar-refractivity contribution in [3.63, 3.8) is 0 Å². The first-order chi connectivity index (χ1) is 7.72. The third-order valence-electron chi connectivity index (χ3n) is 2.50. The molecule has 0 heterocycles.